The van der Waals surface area contributed by atoms with Gasteiger partial charge >= 0.3 is 0 Å². The third kappa shape index (κ3) is 5.11. The van der Waals surface area contributed by atoms with E-state index in [1.165, 1.54) is 44.9 Å². The lowest BCUT2D eigenvalue weighted by molar-refractivity contribution is -0.123. The van der Waals surface area contributed by atoms with Gasteiger partial charge in [-0.2, -0.15) is 0 Å². The molecule has 0 aromatic heterocycles. The Balaban J connectivity index is 1.60. The highest BCUT2D eigenvalue weighted by Gasteiger charge is 2.22. The van der Waals surface area contributed by atoms with Crippen LogP contribution in [0.3, 0.4) is 0 Å². The molecule has 19 heavy (non-hydrogen) atoms. The molecule has 4 heteroatoms. The van der Waals surface area contributed by atoms with Gasteiger partial charge < -0.3 is 10.6 Å². The first kappa shape index (κ1) is 14.8. The Hall–Kier alpha value is -0.610. The van der Waals surface area contributed by atoms with Crippen molar-refractivity contribution in [3.63, 3.8) is 0 Å². The van der Waals surface area contributed by atoms with E-state index in [0.29, 0.717) is 18.6 Å². The van der Waals surface area contributed by atoms with Crippen molar-refractivity contribution < 1.29 is 4.79 Å². The van der Waals surface area contributed by atoms with Crippen molar-refractivity contribution in [3.8, 4) is 0 Å². The van der Waals surface area contributed by atoms with Crippen LogP contribution in [-0.2, 0) is 4.79 Å². The molecule has 0 radical (unpaired) electrons. The molecule has 2 fully saturated rings. The van der Waals surface area contributed by atoms with Crippen LogP contribution in [0.2, 0.25) is 0 Å². The summed E-state index contributed by atoms with van der Waals surface area (Å²) in [6.45, 7) is 6.03. The smallest absolute Gasteiger partial charge is 0.234 e. The molecule has 0 aromatic carbocycles. The monoisotopic (exact) mass is 267 g/mol. The van der Waals surface area contributed by atoms with Gasteiger partial charge in [0.2, 0.25) is 5.91 Å². The standard InChI is InChI=1S/C15H29N3O/c1-2-9-16-13-7-10-18(11-8-13)12-15(19)17-14-5-3-4-6-14/h13-14,16H,2-12H2,1H3,(H,17,19). The summed E-state index contributed by atoms with van der Waals surface area (Å²) in [6.07, 6.45) is 8.46. The maximum absolute atomic E-state index is 12.0. The van der Waals surface area contributed by atoms with Gasteiger partial charge in [0.1, 0.15) is 0 Å². The van der Waals surface area contributed by atoms with E-state index >= 15 is 0 Å². The number of hydrogen-bond donors (Lipinski definition) is 2. The van der Waals surface area contributed by atoms with E-state index in [1.807, 2.05) is 0 Å². The van der Waals surface area contributed by atoms with Crippen LogP contribution in [0.1, 0.15) is 51.9 Å². The Morgan fingerprint density at radius 3 is 2.42 bits per heavy atom. The summed E-state index contributed by atoms with van der Waals surface area (Å²) in [6, 6.07) is 1.12. The zero-order valence-electron chi connectivity index (χ0n) is 12.3. The van der Waals surface area contributed by atoms with Crippen LogP contribution in [0.15, 0.2) is 0 Å². The van der Waals surface area contributed by atoms with Gasteiger partial charge in [0.15, 0.2) is 0 Å². The summed E-state index contributed by atoms with van der Waals surface area (Å²) in [5.41, 5.74) is 0. The van der Waals surface area contributed by atoms with Crippen LogP contribution in [0.5, 0.6) is 0 Å². The van der Waals surface area contributed by atoms with Gasteiger partial charge in [-0.3, -0.25) is 9.69 Å². The van der Waals surface area contributed by atoms with Crippen molar-refractivity contribution >= 4 is 5.91 Å². The number of carbonyl (C=O) groups is 1. The highest BCUT2D eigenvalue weighted by atomic mass is 16.2. The fraction of sp³-hybridized carbons (Fsp3) is 0.933. The normalized spacial score (nSPS) is 22.8. The molecule has 110 valence electrons. The molecule has 2 N–H and O–H groups in total. The minimum absolute atomic E-state index is 0.229. The Labute approximate surface area is 117 Å². The Morgan fingerprint density at radius 1 is 1.11 bits per heavy atom. The van der Waals surface area contributed by atoms with Gasteiger partial charge in [0.05, 0.1) is 6.54 Å². The summed E-state index contributed by atoms with van der Waals surface area (Å²) >= 11 is 0. The molecule has 0 unspecified atom stereocenters. The van der Waals surface area contributed by atoms with Gasteiger partial charge in [0.25, 0.3) is 0 Å². The minimum Gasteiger partial charge on any atom is -0.352 e. The van der Waals surface area contributed by atoms with Crippen molar-refractivity contribution in [1.29, 1.82) is 0 Å². The summed E-state index contributed by atoms with van der Waals surface area (Å²) in [7, 11) is 0. The average molecular weight is 267 g/mol. The molecule has 0 spiro atoms. The second-order valence-electron chi connectivity index (χ2n) is 6.05. The number of carbonyl (C=O) groups excluding carboxylic acids is 1. The highest BCUT2D eigenvalue weighted by Crippen LogP contribution is 2.17. The van der Waals surface area contributed by atoms with Crippen molar-refractivity contribution in [3.05, 3.63) is 0 Å². The van der Waals surface area contributed by atoms with Crippen molar-refractivity contribution in [2.45, 2.75) is 64.0 Å². The lowest BCUT2D eigenvalue weighted by Crippen LogP contribution is -2.47. The van der Waals surface area contributed by atoms with Gasteiger partial charge in [-0.05, 0) is 38.6 Å². The van der Waals surface area contributed by atoms with Gasteiger partial charge in [-0.25, -0.2) is 0 Å². The molecule has 0 aromatic rings. The molecular formula is C15H29N3O. The fourth-order valence-corrected chi connectivity index (χ4v) is 3.19. The lowest BCUT2D eigenvalue weighted by Gasteiger charge is -2.32. The molecule has 1 heterocycles. The number of rotatable bonds is 6. The lowest BCUT2D eigenvalue weighted by atomic mass is 10.0. The number of hydrogen-bond acceptors (Lipinski definition) is 3. The van der Waals surface area contributed by atoms with E-state index in [-0.39, 0.29) is 5.91 Å². The molecule has 1 amide bonds. The van der Waals surface area contributed by atoms with Crippen molar-refractivity contribution in [2.75, 3.05) is 26.2 Å². The number of likely N-dealkylation sites (tertiary alicyclic amines) is 1. The number of nitrogens with zero attached hydrogens (tertiary/aromatic N) is 1. The largest absolute Gasteiger partial charge is 0.352 e. The predicted octanol–water partition coefficient (Wildman–Crippen LogP) is 1.51. The maximum atomic E-state index is 12.0. The van der Waals surface area contributed by atoms with E-state index in [0.717, 1.165) is 19.6 Å². The molecule has 1 aliphatic heterocycles. The quantitative estimate of drug-likeness (QED) is 0.767. The van der Waals surface area contributed by atoms with Crippen LogP contribution >= 0.6 is 0 Å². The van der Waals surface area contributed by atoms with Gasteiger partial charge in [-0.15, -0.1) is 0 Å². The van der Waals surface area contributed by atoms with Gasteiger partial charge in [-0.1, -0.05) is 19.8 Å². The second kappa shape index (κ2) is 7.85. The molecule has 0 bridgehead atoms. The topological polar surface area (TPSA) is 44.4 Å². The van der Waals surface area contributed by atoms with E-state index < -0.39 is 0 Å². The van der Waals surface area contributed by atoms with Crippen molar-refractivity contribution in [1.82, 2.24) is 15.5 Å². The van der Waals surface area contributed by atoms with E-state index in [1.54, 1.807) is 0 Å². The maximum Gasteiger partial charge on any atom is 0.234 e. The molecule has 1 saturated carbocycles. The first-order valence-corrected chi connectivity index (χ1v) is 8.03. The third-order valence-electron chi connectivity index (χ3n) is 4.36. The second-order valence-corrected chi connectivity index (χ2v) is 6.05. The number of nitrogens with one attached hydrogen (secondary N) is 2. The first-order chi connectivity index (χ1) is 9.28. The van der Waals surface area contributed by atoms with Crippen molar-refractivity contribution in [2.24, 2.45) is 0 Å². The molecule has 2 aliphatic rings. The third-order valence-corrected chi connectivity index (χ3v) is 4.36. The van der Waals surface area contributed by atoms with Gasteiger partial charge in [0, 0.05) is 25.2 Å². The highest BCUT2D eigenvalue weighted by molar-refractivity contribution is 5.78. The zero-order valence-corrected chi connectivity index (χ0v) is 12.3. The molecule has 2 rings (SSSR count). The van der Waals surface area contributed by atoms with Crippen LogP contribution in [0, 0.1) is 0 Å². The van der Waals surface area contributed by atoms with E-state index in [9.17, 15) is 4.79 Å². The van der Waals surface area contributed by atoms with Crippen LogP contribution in [0.4, 0.5) is 0 Å². The minimum atomic E-state index is 0.229. The first-order valence-electron chi connectivity index (χ1n) is 8.03. The zero-order chi connectivity index (χ0) is 13.5. The SMILES string of the molecule is CCCNC1CCN(CC(=O)NC2CCCC2)CC1. The van der Waals surface area contributed by atoms with Crippen LogP contribution in [0.25, 0.3) is 0 Å². The Kier molecular flexibility index (Phi) is 6.11. The molecule has 1 aliphatic carbocycles. The fourth-order valence-electron chi connectivity index (χ4n) is 3.19. The Morgan fingerprint density at radius 2 is 1.79 bits per heavy atom. The molecule has 0 atom stereocenters. The number of piperidine rings is 1. The molecular weight excluding hydrogens is 238 g/mol. The summed E-state index contributed by atoms with van der Waals surface area (Å²) in [5.74, 6) is 0.229. The summed E-state index contributed by atoms with van der Waals surface area (Å²) in [5, 5.41) is 6.75. The Bertz CT molecular complexity index is 269. The van der Waals surface area contributed by atoms with Crippen LogP contribution < -0.4 is 10.6 Å². The van der Waals surface area contributed by atoms with E-state index in [4.69, 9.17) is 0 Å². The summed E-state index contributed by atoms with van der Waals surface area (Å²) < 4.78 is 0. The van der Waals surface area contributed by atoms with E-state index in [2.05, 4.69) is 22.5 Å². The number of amides is 1. The average Bonchev–Trinajstić information content (AvgIpc) is 2.90. The predicted molar refractivity (Wildman–Crippen MR) is 78.2 cm³/mol. The molecule has 4 nitrogen and oxygen atoms in total. The van der Waals surface area contributed by atoms with Crippen LogP contribution in [-0.4, -0.2) is 49.1 Å². The summed E-state index contributed by atoms with van der Waals surface area (Å²) in [4.78, 5) is 14.3. The molecule has 1 saturated heterocycles.